The first-order valence-electron chi connectivity index (χ1n) is 5.92. The predicted octanol–water partition coefficient (Wildman–Crippen LogP) is 3.00. The quantitative estimate of drug-likeness (QED) is 0.730. The van der Waals surface area contributed by atoms with Crippen molar-refractivity contribution in [2.75, 3.05) is 0 Å². The monoisotopic (exact) mass is 210 g/mol. The van der Waals surface area contributed by atoms with Crippen molar-refractivity contribution in [3.05, 3.63) is 46.3 Å². The lowest BCUT2D eigenvalue weighted by Gasteiger charge is -2.07. The third-order valence-corrected chi connectivity index (χ3v) is 3.10. The Morgan fingerprint density at radius 2 is 1.75 bits per heavy atom. The van der Waals surface area contributed by atoms with Gasteiger partial charge in [-0.2, -0.15) is 0 Å². The molecule has 0 saturated carbocycles. The van der Waals surface area contributed by atoms with Gasteiger partial charge in [-0.05, 0) is 39.6 Å². The van der Waals surface area contributed by atoms with E-state index >= 15 is 0 Å². The van der Waals surface area contributed by atoms with E-state index in [9.17, 15) is 0 Å². The molecule has 0 atom stereocenters. The van der Waals surface area contributed by atoms with E-state index in [1.54, 1.807) is 0 Å². The van der Waals surface area contributed by atoms with Crippen LogP contribution in [0.3, 0.4) is 0 Å². The standard InChI is InChI=1S/C16H18/c1-4-5-7-14-8-6-9-15-12(2)10-11-13(3)16(14)15/h6,8-11H,2-5,7H2,1H3. The van der Waals surface area contributed by atoms with E-state index in [4.69, 9.17) is 0 Å². The fourth-order valence-electron chi connectivity index (χ4n) is 2.20. The highest BCUT2D eigenvalue weighted by Gasteiger charge is 2.01. The minimum Gasteiger partial charge on any atom is -0.0911 e. The van der Waals surface area contributed by atoms with Crippen molar-refractivity contribution in [3.8, 4) is 0 Å². The molecule has 16 heavy (non-hydrogen) atoms. The number of unbranched alkanes of at least 4 members (excludes halogenated alkanes) is 1. The minimum absolute atomic E-state index is 1.10. The van der Waals surface area contributed by atoms with Crippen molar-refractivity contribution in [2.24, 2.45) is 0 Å². The van der Waals surface area contributed by atoms with E-state index in [2.05, 4.69) is 44.3 Å². The molecule has 0 aliphatic heterocycles. The van der Waals surface area contributed by atoms with Gasteiger partial charge in [0.1, 0.15) is 0 Å². The van der Waals surface area contributed by atoms with Crippen molar-refractivity contribution in [3.63, 3.8) is 0 Å². The summed E-state index contributed by atoms with van der Waals surface area (Å²) in [5.41, 5.74) is 1.41. The van der Waals surface area contributed by atoms with Gasteiger partial charge in [0.05, 0.1) is 0 Å². The normalized spacial score (nSPS) is 10.8. The van der Waals surface area contributed by atoms with Gasteiger partial charge in [0.2, 0.25) is 0 Å². The van der Waals surface area contributed by atoms with Crippen LogP contribution in [0.4, 0.5) is 0 Å². The van der Waals surface area contributed by atoms with Crippen molar-refractivity contribution in [1.82, 2.24) is 0 Å². The Kier molecular flexibility index (Phi) is 3.09. The van der Waals surface area contributed by atoms with Gasteiger partial charge in [-0.25, -0.2) is 0 Å². The van der Waals surface area contributed by atoms with E-state index in [1.165, 1.54) is 29.2 Å². The Hall–Kier alpha value is -1.56. The maximum Gasteiger partial charge on any atom is -0.00795 e. The van der Waals surface area contributed by atoms with Gasteiger partial charge in [0, 0.05) is 0 Å². The van der Waals surface area contributed by atoms with Crippen molar-refractivity contribution < 1.29 is 0 Å². The molecule has 0 nitrogen and oxygen atoms in total. The molecule has 2 aromatic carbocycles. The molecule has 0 heteroatoms. The van der Waals surface area contributed by atoms with E-state index in [0.717, 1.165) is 16.9 Å². The maximum absolute atomic E-state index is 4.13. The molecular formula is C16H18. The highest BCUT2D eigenvalue weighted by Crippen LogP contribution is 2.14. The van der Waals surface area contributed by atoms with Gasteiger partial charge in [0.15, 0.2) is 0 Å². The van der Waals surface area contributed by atoms with Crippen molar-refractivity contribution in [2.45, 2.75) is 26.2 Å². The molecule has 0 heterocycles. The molecule has 0 aromatic heterocycles. The smallest absolute Gasteiger partial charge is 0.00795 e. The van der Waals surface area contributed by atoms with Crippen LogP contribution in [0.1, 0.15) is 25.3 Å². The Morgan fingerprint density at radius 3 is 2.50 bits per heavy atom. The molecule has 2 aromatic rings. The third kappa shape index (κ3) is 1.88. The number of hydrogen-bond acceptors (Lipinski definition) is 0. The average Bonchev–Trinajstić information content (AvgIpc) is 2.31. The minimum atomic E-state index is 1.10. The second-order valence-corrected chi connectivity index (χ2v) is 4.33. The first-order chi connectivity index (χ1) is 7.74. The lowest BCUT2D eigenvalue weighted by atomic mass is 9.98. The Bertz CT molecular complexity index is 593. The van der Waals surface area contributed by atoms with Crippen LogP contribution in [0.15, 0.2) is 30.3 Å². The van der Waals surface area contributed by atoms with Gasteiger partial charge < -0.3 is 0 Å². The molecule has 0 radical (unpaired) electrons. The summed E-state index contributed by atoms with van der Waals surface area (Å²) < 4.78 is 0. The maximum atomic E-state index is 4.13. The molecule has 0 amide bonds. The zero-order valence-electron chi connectivity index (χ0n) is 9.92. The number of benzene rings is 2. The lowest BCUT2D eigenvalue weighted by Crippen LogP contribution is -2.10. The van der Waals surface area contributed by atoms with Gasteiger partial charge in [-0.15, -0.1) is 0 Å². The molecule has 82 valence electrons. The highest BCUT2D eigenvalue weighted by molar-refractivity contribution is 5.86. The van der Waals surface area contributed by atoms with E-state index in [0.29, 0.717) is 0 Å². The number of hydrogen-bond donors (Lipinski definition) is 0. The van der Waals surface area contributed by atoms with Gasteiger partial charge in [-0.1, -0.05) is 56.8 Å². The molecule has 0 bridgehead atoms. The van der Waals surface area contributed by atoms with E-state index in [1.807, 2.05) is 6.07 Å². The third-order valence-electron chi connectivity index (χ3n) is 3.10. The largest absolute Gasteiger partial charge is 0.0911 e. The summed E-state index contributed by atoms with van der Waals surface area (Å²) in [7, 11) is 0. The summed E-state index contributed by atoms with van der Waals surface area (Å²) in [6.45, 7) is 10.4. The van der Waals surface area contributed by atoms with Crippen LogP contribution in [-0.4, -0.2) is 0 Å². The lowest BCUT2D eigenvalue weighted by molar-refractivity contribution is 0.799. The van der Waals surface area contributed by atoms with Crippen LogP contribution in [-0.2, 0) is 6.42 Å². The van der Waals surface area contributed by atoms with Crippen LogP contribution in [0.2, 0.25) is 0 Å². The molecule has 0 fully saturated rings. The van der Waals surface area contributed by atoms with Gasteiger partial charge in [-0.3, -0.25) is 0 Å². The number of fused-ring (bicyclic) bond motifs is 1. The highest BCUT2D eigenvalue weighted by atomic mass is 14.1. The number of rotatable bonds is 3. The van der Waals surface area contributed by atoms with Crippen molar-refractivity contribution >= 4 is 23.9 Å². The molecule has 0 saturated heterocycles. The van der Waals surface area contributed by atoms with Crippen LogP contribution >= 0.6 is 0 Å². The Balaban J connectivity index is 2.71. The average molecular weight is 210 g/mol. The first kappa shape index (κ1) is 10.9. The van der Waals surface area contributed by atoms with Crippen LogP contribution in [0.25, 0.3) is 23.9 Å². The summed E-state index contributed by atoms with van der Waals surface area (Å²) in [6.07, 6.45) is 3.60. The summed E-state index contributed by atoms with van der Waals surface area (Å²) in [6, 6.07) is 10.6. The predicted molar refractivity (Wildman–Crippen MR) is 72.9 cm³/mol. The SMILES string of the molecule is C=c1ccc(=C)c2c(CCCC)cccc12. The van der Waals surface area contributed by atoms with Gasteiger partial charge >= 0.3 is 0 Å². The molecular weight excluding hydrogens is 192 g/mol. The van der Waals surface area contributed by atoms with E-state index < -0.39 is 0 Å². The molecule has 0 spiro atoms. The zero-order chi connectivity index (χ0) is 11.5. The zero-order valence-corrected chi connectivity index (χ0v) is 9.92. The van der Waals surface area contributed by atoms with Crippen LogP contribution in [0.5, 0.6) is 0 Å². The second-order valence-electron chi connectivity index (χ2n) is 4.33. The van der Waals surface area contributed by atoms with Gasteiger partial charge in [0.25, 0.3) is 0 Å². The summed E-state index contributed by atoms with van der Waals surface area (Å²) in [5, 5.41) is 4.78. The van der Waals surface area contributed by atoms with Crippen LogP contribution < -0.4 is 10.4 Å². The summed E-state index contributed by atoms with van der Waals surface area (Å²) in [5.74, 6) is 0. The number of aryl methyl sites for hydroxylation is 1. The van der Waals surface area contributed by atoms with Crippen molar-refractivity contribution in [1.29, 1.82) is 0 Å². The van der Waals surface area contributed by atoms with Crippen LogP contribution in [0, 0.1) is 0 Å². The summed E-state index contributed by atoms with van der Waals surface area (Å²) in [4.78, 5) is 0. The first-order valence-corrected chi connectivity index (χ1v) is 5.92. The fourth-order valence-corrected chi connectivity index (χ4v) is 2.20. The molecule has 0 N–H and O–H groups in total. The Morgan fingerprint density at radius 1 is 1.00 bits per heavy atom. The fraction of sp³-hybridized carbons (Fsp3) is 0.250. The molecule has 2 rings (SSSR count). The molecule has 0 unspecified atom stereocenters. The second kappa shape index (κ2) is 4.52. The molecule has 0 aliphatic carbocycles. The topological polar surface area (TPSA) is 0 Å². The summed E-state index contributed by atoms with van der Waals surface area (Å²) >= 11 is 0. The molecule has 0 aliphatic rings. The van der Waals surface area contributed by atoms with E-state index in [-0.39, 0.29) is 0 Å². The Labute approximate surface area is 96.9 Å².